The van der Waals surface area contributed by atoms with Crippen molar-refractivity contribution in [1.29, 1.82) is 0 Å². The summed E-state index contributed by atoms with van der Waals surface area (Å²) >= 11 is 0. The van der Waals surface area contributed by atoms with Gasteiger partial charge in [0.1, 0.15) is 11.9 Å². The smallest absolute Gasteiger partial charge is 0.257 e. The first-order chi connectivity index (χ1) is 18.2. The van der Waals surface area contributed by atoms with Gasteiger partial charge in [0.2, 0.25) is 11.8 Å². The molecule has 9 nitrogen and oxygen atoms in total. The zero-order chi connectivity index (χ0) is 26.6. The third kappa shape index (κ3) is 4.51. The predicted octanol–water partition coefficient (Wildman–Crippen LogP) is 3.52. The Morgan fingerprint density at radius 2 is 1.79 bits per heavy atom. The minimum absolute atomic E-state index is 0.0229. The number of carbonyl (C=O) groups is 1. The molecule has 4 heterocycles. The molecular weight excluding hydrogens is 485 g/mol. The molecule has 6 rings (SSSR count). The summed E-state index contributed by atoms with van der Waals surface area (Å²) in [5.74, 6) is 1.01. The van der Waals surface area contributed by atoms with Gasteiger partial charge in [0.25, 0.3) is 5.91 Å². The number of amides is 1. The molecule has 2 N–H and O–H groups in total. The van der Waals surface area contributed by atoms with Crippen LogP contribution in [0.4, 0.5) is 4.39 Å². The Morgan fingerprint density at radius 3 is 2.45 bits per heavy atom. The number of pyridine rings is 1. The number of nitrogens with zero attached hydrogens (tertiary/aromatic N) is 6. The van der Waals surface area contributed by atoms with E-state index < -0.39 is 5.54 Å². The van der Waals surface area contributed by atoms with Crippen LogP contribution in [0, 0.1) is 24.6 Å². The highest BCUT2D eigenvalue weighted by Crippen LogP contribution is 2.48. The van der Waals surface area contributed by atoms with Crippen molar-refractivity contribution in [2.24, 2.45) is 17.6 Å². The number of aryl methyl sites for hydroxylation is 1. The van der Waals surface area contributed by atoms with Crippen LogP contribution in [0.25, 0.3) is 17.2 Å². The maximum atomic E-state index is 13.5. The van der Waals surface area contributed by atoms with Crippen LogP contribution in [0.5, 0.6) is 5.88 Å². The van der Waals surface area contributed by atoms with Gasteiger partial charge >= 0.3 is 0 Å². The fourth-order valence-corrected chi connectivity index (χ4v) is 5.01. The third-order valence-electron chi connectivity index (χ3n) is 7.23. The quantitative estimate of drug-likeness (QED) is 0.420. The summed E-state index contributed by atoms with van der Waals surface area (Å²) < 4.78 is 21.3. The average molecular weight is 514 g/mol. The number of benzene rings is 1. The minimum atomic E-state index is -0.606. The molecule has 4 aromatic rings. The van der Waals surface area contributed by atoms with Gasteiger partial charge in [-0.2, -0.15) is 5.10 Å². The van der Waals surface area contributed by atoms with E-state index in [2.05, 4.69) is 15.1 Å². The molecule has 0 bridgehead atoms. The summed E-state index contributed by atoms with van der Waals surface area (Å²) in [5, 5.41) is 4.42. The van der Waals surface area contributed by atoms with Crippen molar-refractivity contribution in [2.75, 3.05) is 13.1 Å². The topological polar surface area (TPSA) is 112 Å². The molecular formula is C28H28FN7O2. The van der Waals surface area contributed by atoms with Gasteiger partial charge in [0, 0.05) is 60.7 Å². The van der Waals surface area contributed by atoms with Crippen LogP contribution in [0.3, 0.4) is 0 Å². The molecule has 10 heteroatoms. The van der Waals surface area contributed by atoms with E-state index in [9.17, 15) is 9.18 Å². The lowest BCUT2D eigenvalue weighted by Gasteiger charge is -2.22. The highest BCUT2D eigenvalue weighted by Gasteiger charge is 2.59. The number of hydrogen-bond acceptors (Lipinski definition) is 7. The van der Waals surface area contributed by atoms with E-state index >= 15 is 0 Å². The van der Waals surface area contributed by atoms with Crippen molar-refractivity contribution in [3.8, 4) is 23.1 Å². The fraction of sp³-hybridized carbons (Fsp3) is 0.321. The largest absolute Gasteiger partial charge is 0.474 e. The van der Waals surface area contributed by atoms with Crippen molar-refractivity contribution in [2.45, 2.75) is 32.4 Å². The number of aromatic nitrogens is 5. The summed E-state index contributed by atoms with van der Waals surface area (Å²) in [6.07, 6.45) is 4.93. The number of halogens is 1. The average Bonchev–Trinajstić information content (AvgIpc) is 3.22. The zero-order valence-corrected chi connectivity index (χ0v) is 21.4. The molecule has 2 aliphatic rings. The first kappa shape index (κ1) is 24.2. The molecule has 1 aromatic carbocycles. The molecule has 1 aliphatic heterocycles. The second kappa shape index (κ2) is 8.98. The maximum Gasteiger partial charge on any atom is 0.257 e. The SMILES string of the molecule is Cc1nn(-c2ncccn2)cc1C(=O)N1C[C@@H]2C(Oc3cc(C(C)(C)N)cc(-c4ccc(F)cc4)n3)[C@@H]2C1. The zero-order valence-electron chi connectivity index (χ0n) is 21.4. The van der Waals surface area contributed by atoms with Crippen LogP contribution >= 0.6 is 0 Å². The number of ether oxygens (including phenoxy) is 1. The van der Waals surface area contributed by atoms with E-state index in [0.29, 0.717) is 41.9 Å². The molecule has 1 saturated carbocycles. The van der Waals surface area contributed by atoms with Crippen LogP contribution in [-0.4, -0.2) is 54.7 Å². The second-order valence-electron chi connectivity index (χ2n) is 10.5. The Morgan fingerprint density at radius 1 is 1.11 bits per heavy atom. The van der Waals surface area contributed by atoms with Gasteiger partial charge in [-0.1, -0.05) is 0 Å². The number of nitrogens with two attached hydrogens (primary N) is 1. The first-order valence-electron chi connectivity index (χ1n) is 12.5. The Bertz CT molecular complexity index is 1490. The van der Waals surface area contributed by atoms with Crippen LogP contribution in [-0.2, 0) is 5.54 Å². The highest BCUT2D eigenvalue weighted by molar-refractivity contribution is 5.95. The predicted molar refractivity (Wildman–Crippen MR) is 138 cm³/mol. The molecule has 0 spiro atoms. The summed E-state index contributed by atoms with van der Waals surface area (Å²) in [4.78, 5) is 28.2. The standard InChI is InChI=1S/C28H28FN7O2/c1-16-20(15-36(34-16)27-31-9-4-10-32-27)26(37)35-13-21-22(14-35)25(21)38-24-12-18(28(2,3)30)11-23(33-24)17-5-7-19(29)8-6-17/h4-12,15,21-22,25H,13-14,30H2,1-3H3/t21-,22+,25?. The van der Waals surface area contributed by atoms with Crippen LogP contribution in [0.2, 0.25) is 0 Å². The fourth-order valence-electron chi connectivity index (χ4n) is 5.01. The number of rotatable bonds is 6. The van der Waals surface area contributed by atoms with E-state index in [1.807, 2.05) is 37.8 Å². The molecule has 1 amide bonds. The van der Waals surface area contributed by atoms with E-state index in [1.54, 1.807) is 36.8 Å². The molecule has 1 aliphatic carbocycles. The maximum absolute atomic E-state index is 13.5. The Labute approximate surface area is 219 Å². The van der Waals surface area contributed by atoms with Gasteiger partial charge < -0.3 is 15.4 Å². The van der Waals surface area contributed by atoms with Gasteiger partial charge in [-0.15, -0.1) is 0 Å². The molecule has 0 radical (unpaired) electrons. The van der Waals surface area contributed by atoms with E-state index in [4.69, 9.17) is 15.5 Å². The van der Waals surface area contributed by atoms with Gasteiger partial charge in [0.05, 0.1) is 17.0 Å². The third-order valence-corrected chi connectivity index (χ3v) is 7.23. The summed E-state index contributed by atoms with van der Waals surface area (Å²) in [6, 6.07) is 11.7. The Hall–Kier alpha value is -4.18. The van der Waals surface area contributed by atoms with Crippen molar-refractivity contribution in [1.82, 2.24) is 29.6 Å². The first-order valence-corrected chi connectivity index (χ1v) is 12.5. The van der Waals surface area contributed by atoms with Crippen LogP contribution in [0.15, 0.2) is 61.1 Å². The van der Waals surface area contributed by atoms with Crippen molar-refractivity contribution in [3.05, 3.63) is 83.7 Å². The number of fused-ring (bicyclic) bond motifs is 1. The molecule has 3 aromatic heterocycles. The van der Waals surface area contributed by atoms with Gasteiger partial charge in [-0.05, 0) is 62.7 Å². The number of hydrogen-bond donors (Lipinski definition) is 1. The summed E-state index contributed by atoms with van der Waals surface area (Å²) in [7, 11) is 0. The molecule has 1 saturated heterocycles. The number of carbonyl (C=O) groups excluding carboxylic acids is 1. The monoisotopic (exact) mass is 513 g/mol. The normalized spacial score (nSPS) is 20.3. The van der Waals surface area contributed by atoms with E-state index in [-0.39, 0.29) is 29.7 Å². The molecule has 3 atom stereocenters. The number of likely N-dealkylation sites (tertiary alicyclic amines) is 1. The molecule has 2 fully saturated rings. The van der Waals surface area contributed by atoms with Crippen molar-refractivity contribution < 1.29 is 13.9 Å². The number of piperidine rings is 1. The van der Waals surface area contributed by atoms with E-state index in [1.165, 1.54) is 16.8 Å². The van der Waals surface area contributed by atoms with Gasteiger partial charge in [-0.25, -0.2) is 24.0 Å². The van der Waals surface area contributed by atoms with Gasteiger partial charge in [0.15, 0.2) is 0 Å². The molecule has 194 valence electrons. The van der Waals surface area contributed by atoms with Crippen LogP contribution < -0.4 is 10.5 Å². The van der Waals surface area contributed by atoms with E-state index in [0.717, 1.165) is 11.1 Å². The van der Waals surface area contributed by atoms with Crippen molar-refractivity contribution >= 4 is 5.91 Å². The molecule has 1 unspecified atom stereocenters. The lowest BCUT2D eigenvalue weighted by Crippen LogP contribution is -2.33. The lowest BCUT2D eigenvalue weighted by atomic mass is 9.95. The highest BCUT2D eigenvalue weighted by atomic mass is 19.1. The minimum Gasteiger partial charge on any atom is -0.474 e. The van der Waals surface area contributed by atoms with Crippen LogP contribution in [0.1, 0.15) is 35.5 Å². The molecule has 38 heavy (non-hydrogen) atoms. The Kier molecular flexibility index (Phi) is 5.71. The van der Waals surface area contributed by atoms with Crippen molar-refractivity contribution in [3.63, 3.8) is 0 Å². The summed E-state index contributed by atoms with van der Waals surface area (Å²) in [6.45, 7) is 6.86. The Balaban J connectivity index is 1.16. The second-order valence-corrected chi connectivity index (χ2v) is 10.5. The van der Waals surface area contributed by atoms with Gasteiger partial charge in [-0.3, -0.25) is 4.79 Å². The lowest BCUT2D eigenvalue weighted by molar-refractivity contribution is 0.0751. The summed E-state index contributed by atoms with van der Waals surface area (Å²) in [5.41, 5.74) is 9.29.